The van der Waals surface area contributed by atoms with E-state index in [2.05, 4.69) is 22.0 Å². The molecule has 0 saturated carbocycles. The van der Waals surface area contributed by atoms with Crippen LogP contribution >= 0.6 is 11.8 Å². The van der Waals surface area contributed by atoms with E-state index in [0.29, 0.717) is 6.04 Å². The van der Waals surface area contributed by atoms with Crippen molar-refractivity contribution in [2.75, 3.05) is 25.4 Å². The van der Waals surface area contributed by atoms with Gasteiger partial charge in [-0.25, -0.2) is 4.39 Å². The van der Waals surface area contributed by atoms with Gasteiger partial charge in [-0.05, 0) is 62.2 Å². The van der Waals surface area contributed by atoms with Crippen molar-refractivity contribution in [2.45, 2.75) is 43.5 Å². The summed E-state index contributed by atoms with van der Waals surface area (Å²) < 4.78 is 13.2. The zero-order valence-corrected chi connectivity index (χ0v) is 13.4. The molecule has 0 unspecified atom stereocenters. The van der Waals surface area contributed by atoms with Crippen molar-refractivity contribution < 1.29 is 4.39 Å². The van der Waals surface area contributed by atoms with Crippen LogP contribution in [-0.4, -0.2) is 41.6 Å². The molecule has 1 aromatic rings. The quantitative estimate of drug-likeness (QED) is 0.899. The Morgan fingerprint density at radius 1 is 1.24 bits per heavy atom. The molecule has 2 aliphatic heterocycles. The van der Waals surface area contributed by atoms with Crippen LogP contribution < -0.4 is 5.32 Å². The SMILES string of the molecule is Fc1cccc(CN2CCC(NC[C@H]3CCCS3)CC2)c1. The molecular weight excluding hydrogens is 283 g/mol. The molecule has 0 radical (unpaired) electrons. The second-order valence-corrected chi connectivity index (χ2v) is 7.63. The van der Waals surface area contributed by atoms with Gasteiger partial charge in [0.1, 0.15) is 5.82 Å². The number of benzene rings is 1. The summed E-state index contributed by atoms with van der Waals surface area (Å²) in [6, 6.07) is 7.67. The minimum atomic E-state index is -0.127. The predicted octanol–water partition coefficient (Wildman–Crippen LogP) is 3.28. The van der Waals surface area contributed by atoms with Gasteiger partial charge in [0, 0.05) is 24.4 Å². The molecule has 0 aromatic heterocycles. The van der Waals surface area contributed by atoms with Gasteiger partial charge in [-0.1, -0.05) is 12.1 Å². The molecule has 2 aliphatic rings. The Hall–Kier alpha value is -0.580. The molecule has 0 bridgehead atoms. The molecule has 21 heavy (non-hydrogen) atoms. The van der Waals surface area contributed by atoms with E-state index in [9.17, 15) is 4.39 Å². The molecule has 1 N–H and O–H groups in total. The lowest BCUT2D eigenvalue weighted by atomic mass is 10.0. The summed E-state index contributed by atoms with van der Waals surface area (Å²) >= 11 is 2.13. The first-order valence-electron chi connectivity index (χ1n) is 8.11. The molecule has 2 saturated heterocycles. The van der Waals surface area contributed by atoms with Crippen LogP contribution in [0.5, 0.6) is 0 Å². The van der Waals surface area contributed by atoms with E-state index < -0.39 is 0 Å². The van der Waals surface area contributed by atoms with Crippen LogP contribution in [0.1, 0.15) is 31.2 Å². The third-order valence-corrected chi connectivity index (χ3v) is 5.94. The van der Waals surface area contributed by atoms with Gasteiger partial charge in [0.15, 0.2) is 0 Å². The first kappa shape index (κ1) is 15.3. The highest BCUT2D eigenvalue weighted by Crippen LogP contribution is 2.25. The Balaban J connectivity index is 1.38. The number of nitrogens with one attached hydrogen (secondary N) is 1. The van der Waals surface area contributed by atoms with Crippen molar-refractivity contribution in [3.63, 3.8) is 0 Å². The van der Waals surface area contributed by atoms with Gasteiger partial charge in [-0.2, -0.15) is 11.8 Å². The summed E-state index contributed by atoms with van der Waals surface area (Å²) in [4.78, 5) is 2.44. The topological polar surface area (TPSA) is 15.3 Å². The van der Waals surface area contributed by atoms with Gasteiger partial charge in [0.2, 0.25) is 0 Å². The second-order valence-electron chi connectivity index (χ2n) is 6.22. The van der Waals surface area contributed by atoms with E-state index in [-0.39, 0.29) is 5.82 Å². The Morgan fingerprint density at radius 3 is 2.81 bits per heavy atom. The number of thioether (sulfide) groups is 1. The van der Waals surface area contributed by atoms with Gasteiger partial charge in [0.25, 0.3) is 0 Å². The minimum Gasteiger partial charge on any atom is -0.313 e. The maximum atomic E-state index is 13.2. The average Bonchev–Trinajstić information content (AvgIpc) is 3.00. The largest absolute Gasteiger partial charge is 0.313 e. The van der Waals surface area contributed by atoms with E-state index in [4.69, 9.17) is 0 Å². The second kappa shape index (κ2) is 7.61. The van der Waals surface area contributed by atoms with Crippen molar-refractivity contribution >= 4 is 11.8 Å². The zero-order chi connectivity index (χ0) is 14.5. The molecule has 3 rings (SSSR count). The summed E-state index contributed by atoms with van der Waals surface area (Å²) in [5.74, 6) is 1.22. The summed E-state index contributed by atoms with van der Waals surface area (Å²) in [5, 5.41) is 4.59. The van der Waals surface area contributed by atoms with Crippen LogP contribution in [0.15, 0.2) is 24.3 Å². The molecule has 1 atom stereocenters. The predicted molar refractivity (Wildman–Crippen MR) is 88.2 cm³/mol. The monoisotopic (exact) mass is 308 g/mol. The van der Waals surface area contributed by atoms with Crippen LogP contribution in [0.2, 0.25) is 0 Å². The summed E-state index contributed by atoms with van der Waals surface area (Å²) in [6.45, 7) is 4.29. The van der Waals surface area contributed by atoms with Gasteiger partial charge in [0.05, 0.1) is 0 Å². The van der Waals surface area contributed by atoms with E-state index >= 15 is 0 Å². The van der Waals surface area contributed by atoms with E-state index in [1.807, 2.05) is 6.07 Å². The van der Waals surface area contributed by atoms with Crippen LogP contribution in [0.3, 0.4) is 0 Å². The minimum absolute atomic E-state index is 0.127. The Kier molecular flexibility index (Phi) is 5.55. The van der Waals surface area contributed by atoms with Crippen molar-refractivity contribution in [3.05, 3.63) is 35.6 Å². The highest BCUT2D eigenvalue weighted by molar-refractivity contribution is 8.00. The molecule has 0 spiro atoms. The number of halogens is 1. The molecule has 4 heteroatoms. The number of piperidine rings is 1. The van der Waals surface area contributed by atoms with Crippen molar-refractivity contribution in [2.24, 2.45) is 0 Å². The van der Waals surface area contributed by atoms with Crippen molar-refractivity contribution in [1.29, 1.82) is 0 Å². The Labute approximate surface area is 131 Å². The highest BCUT2D eigenvalue weighted by atomic mass is 32.2. The van der Waals surface area contributed by atoms with Gasteiger partial charge in [-0.15, -0.1) is 0 Å². The van der Waals surface area contributed by atoms with E-state index in [1.54, 1.807) is 12.1 Å². The van der Waals surface area contributed by atoms with E-state index in [1.165, 1.54) is 44.0 Å². The molecule has 1 aromatic carbocycles. The van der Waals surface area contributed by atoms with Crippen LogP contribution in [-0.2, 0) is 6.54 Å². The maximum absolute atomic E-state index is 13.2. The van der Waals surface area contributed by atoms with E-state index in [0.717, 1.165) is 30.4 Å². The van der Waals surface area contributed by atoms with Crippen LogP contribution in [0, 0.1) is 5.82 Å². The molecule has 2 nitrogen and oxygen atoms in total. The summed E-state index contributed by atoms with van der Waals surface area (Å²) in [5.41, 5.74) is 1.09. The lowest BCUT2D eigenvalue weighted by Gasteiger charge is -2.33. The fourth-order valence-corrected chi connectivity index (χ4v) is 4.51. The van der Waals surface area contributed by atoms with Crippen molar-refractivity contribution in [1.82, 2.24) is 10.2 Å². The lowest BCUT2D eigenvalue weighted by Crippen LogP contribution is -2.43. The number of likely N-dealkylation sites (tertiary alicyclic amines) is 1. The number of hydrogen-bond acceptors (Lipinski definition) is 3. The molecule has 0 aliphatic carbocycles. The standard InChI is InChI=1S/C17H25FN2S/c18-15-4-1-3-14(11-15)13-20-8-6-16(7-9-20)19-12-17-5-2-10-21-17/h1,3-4,11,16-17,19H,2,5-10,12-13H2/t17-/m1/s1. The third-order valence-electron chi connectivity index (χ3n) is 4.54. The number of hydrogen-bond donors (Lipinski definition) is 1. The molecule has 116 valence electrons. The zero-order valence-electron chi connectivity index (χ0n) is 12.6. The fraction of sp³-hybridized carbons (Fsp3) is 0.647. The van der Waals surface area contributed by atoms with Crippen LogP contribution in [0.25, 0.3) is 0 Å². The first-order chi connectivity index (χ1) is 10.3. The lowest BCUT2D eigenvalue weighted by molar-refractivity contribution is 0.190. The molecule has 0 amide bonds. The number of rotatable bonds is 5. The average molecular weight is 308 g/mol. The van der Waals surface area contributed by atoms with Gasteiger partial charge < -0.3 is 5.32 Å². The van der Waals surface area contributed by atoms with Crippen LogP contribution in [0.4, 0.5) is 4.39 Å². The third kappa shape index (κ3) is 4.70. The highest BCUT2D eigenvalue weighted by Gasteiger charge is 2.21. The molecule has 2 heterocycles. The maximum Gasteiger partial charge on any atom is 0.123 e. The molecule has 2 fully saturated rings. The van der Waals surface area contributed by atoms with Gasteiger partial charge >= 0.3 is 0 Å². The fourth-order valence-electron chi connectivity index (χ4n) is 3.29. The summed E-state index contributed by atoms with van der Waals surface area (Å²) in [7, 11) is 0. The molecular formula is C17H25FN2S. The summed E-state index contributed by atoms with van der Waals surface area (Å²) in [6.07, 6.45) is 5.21. The van der Waals surface area contributed by atoms with Gasteiger partial charge in [-0.3, -0.25) is 4.90 Å². The normalized spacial score (nSPS) is 24.5. The first-order valence-corrected chi connectivity index (χ1v) is 9.16. The Morgan fingerprint density at radius 2 is 2.10 bits per heavy atom. The smallest absolute Gasteiger partial charge is 0.123 e. The van der Waals surface area contributed by atoms with Crippen molar-refractivity contribution in [3.8, 4) is 0 Å². The Bertz CT molecular complexity index is 440. The number of nitrogens with zero attached hydrogens (tertiary/aromatic N) is 1.